The molecular formula is C21H25F2N3O4S. The van der Waals surface area contributed by atoms with Gasteiger partial charge in [-0.05, 0) is 31.2 Å². The number of nitrogens with zero attached hydrogens (tertiary/aromatic N) is 3. The van der Waals surface area contributed by atoms with E-state index in [2.05, 4.69) is 4.90 Å². The topological polar surface area (TPSA) is 70.2 Å². The summed E-state index contributed by atoms with van der Waals surface area (Å²) in [5, 5.41) is 0. The number of sulfonamides is 1. The first-order valence-electron chi connectivity index (χ1n) is 9.74. The summed E-state index contributed by atoms with van der Waals surface area (Å²) < 4.78 is 58.0. The summed E-state index contributed by atoms with van der Waals surface area (Å²) in [6.45, 7) is 3.30. The fraction of sp³-hybridized carbons (Fsp3) is 0.381. The van der Waals surface area contributed by atoms with Gasteiger partial charge in [-0.2, -0.15) is 0 Å². The number of amides is 1. The monoisotopic (exact) mass is 453 g/mol. The fourth-order valence-corrected chi connectivity index (χ4v) is 4.91. The molecule has 0 aliphatic carbocycles. The molecule has 1 aliphatic heterocycles. The Bertz CT molecular complexity index is 1060. The van der Waals surface area contributed by atoms with Gasteiger partial charge in [0.15, 0.2) is 11.6 Å². The average molecular weight is 454 g/mol. The lowest BCUT2D eigenvalue weighted by Gasteiger charge is -2.39. The van der Waals surface area contributed by atoms with Gasteiger partial charge in [0.1, 0.15) is 11.8 Å². The van der Waals surface area contributed by atoms with Crippen LogP contribution >= 0.6 is 0 Å². The number of rotatable bonds is 6. The fourth-order valence-electron chi connectivity index (χ4n) is 3.75. The molecule has 1 saturated heterocycles. The van der Waals surface area contributed by atoms with Crippen LogP contribution in [0.15, 0.2) is 42.5 Å². The number of methoxy groups -OCH3 is 1. The molecule has 168 valence electrons. The highest BCUT2D eigenvalue weighted by Crippen LogP contribution is 2.29. The number of carbonyl (C=O) groups is 1. The van der Waals surface area contributed by atoms with Gasteiger partial charge in [0.05, 0.1) is 24.7 Å². The van der Waals surface area contributed by atoms with Crippen LogP contribution in [-0.4, -0.2) is 64.8 Å². The van der Waals surface area contributed by atoms with Crippen LogP contribution in [-0.2, 0) is 14.8 Å². The van der Waals surface area contributed by atoms with Crippen molar-refractivity contribution in [3.63, 3.8) is 0 Å². The zero-order chi connectivity index (χ0) is 22.8. The summed E-state index contributed by atoms with van der Waals surface area (Å²) in [6, 6.07) is 9.23. The van der Waals surface area contributed by atoms with Gasteiger partial charge in [0.25, 0.3) is 0 Å². The smallest absolute Gasteiger partial charge is 0.246 e. The average Bonchev–Trinajstić information content (AvgIpc) is 2.75. The number of anilines is 2. The molecule has 2 aromatic carbocycles. The molecule has 10 heteroatoms. The number of hydrogen-bond donors (Lipinski definition) is 0. The Balaban J connectivity index is 1.76. The van der Waals surface area contributed by atoms with E-state index in [1.165, 1.54) is 6.92 Å². The molecule has 3 rings (SSSR count). The molecular weight excluding hydrogens is 428 g/mol. The molecule has 0 N–H and O–H groups in total. The van der Waals surface area contributed by atoms with Crippen LogP contribution in [0, 0.1) is 11.6 Å². The Morgan fingerprint density at radius 2 is 1.71 bits per heavy atom. The lowest BCUT2D eigenvalue weighted by molar-refractivity contribution is -0.132. The maximum atomic E-state index is 13.7. The molecule has 7 nitrogen and oxygen atoms in total. The SMILES string of the molecule is COc1ccccc1N1CCN(C(=O)C(C)N(c2ccc(F)c(F)c2)S(C)(=O)=O)CC1. The molecule has 0 saturated carbocycles. The highest BCUT2D eigenvalue weighted by atomic mass is 32.2. The molecule has 1 heterocycles. The second-order valence-electron chi connectivity index (χ2n) is 7.32. The minimum Gasteiger partial charge on any atom is -0.495 e. The van der Waals surface area contributed by atoms with Gasteiger partial charge in [-0.1, -0.05) is 12.1 Å². The van der Waals surface area contributed by atoms with Gasteiger partial charge in [-0.15, -0.1) is 0 Å². The molecule has 0 aromatic heterocycles. The normalized spacial score (nSPS) is 15.5. The van der Waals surface area contributed by atoms with Crippen molar-refractivity contribution in [3.05, 3.63) is 54.1 Å². The van der Waals surface area contributed by atoms with E-state index in [1.807, 2.05) is 24.3 Å². The minimum absolute atomic E-state index is 0.102. The van der Waals surface area contributed by atoms with Crippen LogP contribution in [0.25, 0.3) is 0 Å². The van der Waals surface area contributed by atoms with Gasteiger partial charge < -0.3 is 14.5 Å². The minimum atomic E-state index is -3.92. The number of carbonyl (C=O) groups excluding carboxylic acids is 1. The quantitative estimate of drug-likeness (QED) is 0.672. The number of para-hydroxylation sites is 2. The Kier molecular flexibility index (Phi) is 6.68. The first kappa shape index (κ1) is 22.8. The van der Waals surface area contributed by atoms with Crippen LogP contribution in [0.2, 0.25) is 0 Å². The van der Waals surface area contributed by atoms with Crippen LogP contribution in [0.3, 0.4) is 0 Å². The molecule has 1 unspecified atom stereocenters. The van der Waals surface area contributed by atoms with Crippen LogP contribution in [0.5, 0.6) is 5.75 Å². The molecule has 0 spiro atoms. The predicted octanol–water partition coefficient (Wildman–Crippen LogP) is 2.48. The number of piperazine rings is 1. The summed E-state index contributed by atoms with van der Waals surface area (Å²) in [4.78, 5) is 16.8. The van der Waals surface area contributed by atoms with E-state index in [4.69, 9.17) is 4.74 Å². The van der Waals surface area contributed by atoms with E-state index in [0.717, 1.165) is 40.2 Å². The number of hydrogen-bond acceptors (Lipinski definition) is 5. The molecule has 2 aromatic rings. The Morgan fingerprint density at radius 1 is 1.06 bits per heavy atom. The van der Waals surface area contributed by atoms with E-state index in [0.29, 0.717) is 26.2 Å². The first-order chi connectivity index (χ1) is 14.6. The molecule has 1 amide bonds. The van der Waals surface area contributed by atoms with Crippen molar-refractivity contribution in [1.82, 2.24) is 4.90 Å². The van der Waals surface area contributed by atoms with Gasteiger partial charge in [0.2, 0.25) is 15.9 Å². The number of halogens is 2. The Labute approximate surface area is 180 Å². The van der Waals surface area contributed by atoms with Gasteiger partial charge >= 0.3 is 0 Å². The summed E-state index contributed by atoms with van der Waals surface area (Å²) in [6.07, 6.45) is 0.928. The zero-order valence-electron chi connectivity index (χ0n) is 17.6. The second-order valence-corrected chi connectivity index (χ2v) is 9.18. The Morgan fingerprint density at radius 3 is 2.29 bits per heavy atom. The molecule has 0 bridgehead atoms. The lowest BCUT2D eigenvalue weighted by atomic mass is 10.2. The van der Waals surface area contributed by atoms with E-state index < -0.39 is 33.6 Å². The number of ether oxygens (including phenoxy) is 1. The third-order valence-electron chi connectivity index (χ3n) is 5.24. The summed E-state index contributed by atoms with van der Waals surface area (Å²) in [7, 11) is -2.33. The number of benzene rings is 2. The van der Waals surface area contributed by atoms with Crippen molar-refractivity contribution in [3.8, 4) is 5.75 Å². The Hall–Kier alpha value is -2.88. The van der Waals surface area contributed by atoms with E-state index >= 15 is 0 Å². The van der Waals surface area contributed by atoms with Gasteiger partial charge in [0, 0.05) is 32.2 Å². The molecule has 0 radical (unpaired) electrons. The van der Waals surface area contributed by atoms with Crippen molar-refractivity contribution >= 4 is 27.3 Å². The predicted molar refractivity (Wildman–Crippen MR) is 115 cm³/mol. The van der Waals surface area contributed by atoms with Crippen molar-refractivity contribution in [2.45, 2.75) is 13.0 Å². The standard InChI is InChI=1S/C21H25F2N3O4S/c1-15(26(31(3,28)29)16-8-9-17(22)18(23)14-16)21(27)25-12-10-24(11-13-25)19-6-4-5-7-20(19)30-2/h4-9,14-15H,10-13H2,1-3H3. The van der Waals surface area contributed by atoms with Gasteiger partial charge in [-0.3, -0.25) is 9.10 Å². The van der Waals surface area contributed by atoms with Crippen molar-refractivity contribution < 1.29 is 26.7 Å². The highest BCUT2D eigenvalue weighted by molar-refractivity contribution is 7.92. The third kappa shape index (κ3) is 4.90. The summed E-state index contributed by atoms with van der Waals surface area (Å²) in [5.74, 6) is -1.95. The van der Waals surface area contributed by atoms with Crippen LogP contribution in [0.4, 0.5) is 20.2 Å². The van der Waals surface area contributed by atoms with Crippen molar-refractivity contribution in [2.24, 2.45) is 0 Å². The maximum Gasteiger partial charge on any atom is 0.246 e. The zero-order valence-corrected chi connectivity index (χ0v) is 18.4. The third-order valence-corrected chi connectivity index (χ3v) is 6.48. The summed E-state index contributed by atoms with van der Waals surface area (Å²) in [5.41, 5.74) is 0.819. The maximum absolute atomic E-state index is 13.7. The van der Waals surface area contributed by atoms with Crippen LogP contribution < -0.4 is 13.9 Å². The van der Waals surface area contributed by atoms with Crippen molar-refractivity contribution in [2.75, 3.05) is 48.7 Å². The molecule has 1 fully saturated rings. The van der Waals surface area contributed by atoms with E-state index in [-0.39, 0.29) is 5.69 Å². The van der Waals surface area contributed by atoms with Gasteiger partial charge in [-0.25, -0.2) is 17.2 Å². The largest absolute Gasteiger partial charge is 0.495 e. The van der Waals surface area contributed by atoms with E-state index in [1.54, 1.807) is 12.0 Å². The highest BCUT2D eigenvalue weighted by Gasteiger charge is 2.34. The second kappa shape index (κ2) is 9.09. The first-order valence-corrected chi connectivity index (χ1v) is 11.6. The lowest BCUT2D eigenvalue weighted by Crippen LogP contribution is -2.55. The molecule has 1 atom stereocenters. The molecule has 1 aliphatic rings. The van der Waals surface area contributed by atoms with E-state index in [9.17, 15) is 22.0 Å². The summed E-state index contributed by atoms with van der Waals surface area (Å²) >= 11 is 0. The van der Waals surface area contributed by atoms with Crippen molar-refractivity contribution in [1.29, 1.82) is 0 Å². The van der Waals surface area contributed by atoms with Crippen LogP contribution in [0.1, 0.15) is 6.92 Å². The molecule has 31 heavy (non-hydrogen) atoms.